The Labute approximate surface area is 231 Å². The molecule has 0 N–H and O–H groups in total. The first-order valence-electron chi connectivity index (χ1n) is 13.5. The highest BCUT2D eigenvalue weighted by molar-refractivity contribution is 5.99. The molecular formula is C35H26FNO3. The molecule has 5 heteroatoms. The average molecular weight is 528 g/mol. The van der Waals surface area contributed by atoms with Gasteiger partial charge in [-0.2, -0.15) is 0 Å². The van der Waals surface area contributed by atoms with E-state index in [9.17, 15) is 4.79 Å². The highest BCUT2D eigenvalue weighted by Crippen LogP contribution is 2.58. The van der Waals surface area contributed by atoms with E-state index >= 15 is 4.39 Å². The Hall–Kier alpha value is -4.64. The van der Waals surface area contributed by atoms with Crippen molar-refractivity contribution in [2.45, 2.75) is 31.8 Å². The van der Waals surface area contributed by atoms with Gasteiger partial charge in [0.1, 0.15) is 17.3 Å². The number of rotatable bonds is 1. The molecule has 1 unspecified atom stereocenters. The first-order valence-corrected chi connectivity index (χ1v) is 13.5. The molecule has 4 nitrogen and oxygen atoms in total. The zero-order valence-electron chi connectivity index (χ0n) is 22.4. The first kappa shape index (κ1) is 23.3. The Morgan fingerprint density at radius 3 is 2.48 bits per heavy atom. The average Bonchev–Trinajstić information content (AvgIpc) is 3.39. The zero-order valence-corrected chi connectivity index (χ0v) is 22.4. The topological polar surface area (TPSA) is 38.8 Å². The Morgan fingerprint density at radius 1 is 0.825 bits per heavy atom. The molecule has 5 aromatic rings. The van der Waals surface area contributed by atoms with Crippen LogP contribution in [0, 0.1) is 12.7 Å². The van der Waals surface area contributed by atoms with E-state index < -0.39 is 11.6 Å². The van der Waals surface area contributed by atoms with Crippen molar-refractivity contribution >= 4 is 28.1 Å². The van der Waals surface area contributed by atoms with Crippen LogP contribution < -0.4 is 9.64 Å². The number of halogens is 1. The molecule has 0 aliphatic carbocycles. The molecule has 0 radical (unpaired) electrons. The molecule has 196 valence electrons. The number of benzene rings is 5. The summed E-state index contributed by atoms with van der Waals surface area (Å²) >= 11 is 0. The Morgan fingerprint density at radius 2 is 1.60 bits per heavy atom. The van der Waals surface area contributed by atoms with Crippen LogP contribution in [0.4, 0.5) is 15.8 Å². The number of nitrogens with zero attached hydrogens (tertiary/aromatic N) is 1. The number of aryl methyl sites for hydroxylation is 1. The van der Waals surface area contributed by atoms with Gasteiger partial charge in [0.25, 0.3) is 0 Å². The van der Waals surface area contributed by atoms with Crippen LogP contribution in [0.5, 0.6) is 11.5 Å². The summed E-state index contributed by atoms with van der Waals surface area (Å²) in [5.41, 5.74) is 4.76. The zero-order chi connectivity index (χ0) is 27.4. The SMILES string of the molecule is Cc1cc2c(cc1F)C1(OC2=O)c2ccc(N3CC(C)(C)c4ccccc43)cc2Oc2c1ccc1ccccc21. The lowest BCUT2D eigenvalue weighted by Gasteiger charge is -2.37. The maximum Gasteiger partial charge on any atom is 0.340 e. The number of anilines is 2. The maximum absolute atomic E-state index is 15.1. The van der Waals surface area contributed by atoms with E-state index in [2.05, 4.69) is 43.0 Å². The number of hydrogen-bond acceptors (Lipinski definition) is 4. The minimum atomic E-state index is -1.32. The number of ether oxygens (including phenoxy) is 2. The van der Waals surface area contributed by atoms with Crippen LogP contribution in [0.2, 0.25) is 0 Å². The van der Waals surface area contributed by atoms with Gasteiger partial charge in [0, 0.05) is 51.5 Å². The minimum Gasteiger partial charge on any atom is -0.456 e. The van der Waals surface area contributed by atoms with Crippen molar-refractivity contribution in [2.24, 2.45) is 0 Å². The molecule has 8 rings (SSSR count). The predicted octanol–water partition coefficient (Wildman–Crippen LogP) is 8.28. The lowest BCUT2D eigenvalue weighted by atomic mass is 9.76. The normalized spacial score (nSPS) is 19.6. The monoisotopic (exact) mass is 527 g/mol. The van der Waals surface area contributed by atoms with E-state index in [4.69, 9.17) is 9.47 Å². The first-order chi connectivity index (χ1) is 19.3. The standard InChI is InChI=1S/C35H26FNO3/c1-20-16-24-28(18-29(20)36)35(40-33(24)38)26-15-13-22(37-19-34(2,3)25-10-6-7-11-30(25)37)17-31(26)39-32-23-9-5-4-8-21(23)12-14-27(32)35/h4-18H,19H2,1-3H3. The summed E-state index contributed by atoms with van der Waals surface area (Å²) < 4.78 is 28.2. The maximum atomic E-state index is 15.1. The Kier molecular flexibility index (Phi) is 4.49. The second kappa shape index (κ2) is 7.72. The van der Waals surface area contributed by atoms with Gasteiger partial charge in [0.2, 0.25) is 0 Å². The molecule has 0 saturated carbocycles. The second-order valence-corrected chi connectivity index (χ2v) is 11.7. The molecule has 3 heterocycles. The summed E-state index contributed by atoms with van der Waals surface area (Å²) in [4.78, 5) is 15.7. The Bertz CT molecular complexity index is 1930. The lowest BCUT2D eigenvalue weighted by molar-refractivity contribution is 0.0225. The summed E-state index contributed by atoms with van der Waals surface area (Å²) in [7, 11) is 0. The van der Waals surface area contributed by atoms with Gasteiger partial charge >= 0.3 is 5.97 Å². The smallest absolute Gasteiger partial charge is 0.340 e. The Balaban J connectivity index is 1.40. The van der Waals surface area contributed by atoms with Gasteiger partial charge in [-0.05, 0) is 59.8 Å². The van der Waals surface area contributed by atoms with Crippen molar-refractivity contribution in [2.75, 3.05) is 11.4 Å². The number of carbonyl (C=O) groups excluding carboxylic acids is 1. The van der Waals surface area contributed by atoms with Crippen molar-refractivity contribution in [1.82, 2.24) is 0 Å². The summed E-state index contributed by atoms with van der Waals surface area (Å²) in [5.74, 6) is 0.361. The van der Waals surface area contributed by atoms with Crippen LogP contribution in [0.25, 0.3) is 10.8 Å². The van der Waals surface area contributed by atoms with E-state index in [1.807, 2.05) is 54.6 Å². The summed E-state index contributed by atoms with van der Waals surface area (Å²) in [6, 6.07) is 29.5. The van der Waals surface area contributed by atoms with Crippen molar-refractivity contribution < 1.29 is 18.7 Å². The third-order valence-corrected chi connectivity index (χ3v) is 8.75. The third-order valence-electron chi connectivity index (χ3n) is 8.75. The molecule has 0 fully saturated rings. The van der Waals surface area contributed by atoms with Crippen molar-refractivity contribution in [3.63, 3.8) is 0 Å². The molecule has 0 bridgehead atoms. The summed E-state index contributed by atoms with van der Waals surface area (Å²) in [6.07, 6.45) is 0. The molecule has 3 aliphatic rings. The molecular weight excluding hydrogens is 501 g/mol. The minimum absolute atomic E-state index is 0.0211. The van der Waals surface area contributed by atoms with Crippen LogP contribution in [0.3, 0.4) is 0 Å². The van der Waals surface area contributed by atoms with Gasteiger partial charge in [-0.1, -0.05) is 62.4 Å². The number of esters is 1. The molecule has 0 saturated heterocycles. The lowest BCUT2D eigenvalue weighted by Crippen LogP contribution is -2.33. The number of para-hydroxylation sites is 1. The van der Waals surface area contributed by atoms with Gasteiger partial charge in [-0.15, -0.1) is 0 Å². The fraction of sp³-hybridized carbons (Fsp3) is 0.171. The second-order valence-electron chi connectivity index (χ2n) is 11.7. The number of hydrogen-bond donors (Lipinski definition) is 0. The van der Waals surface area contributed by atoms with Crippen LogP contribution in [0.1, 0.15) is 52.0 Å². The molecule has 40 heavy (non-hydrogen) atoms. The van der Waals surface area contributed by atoms with Gasteiger partial charge < -0.3 is 14.4 Å². The fourth-order valence-corrected chi connectivity index (χ4v) is 6.81. The van der Waals surface area contributed by atoms with Gasteiger partial charge in [0.05, 0.1) is 5.56 Å². The molecule has 1 atom stereocenters. The quantitative estimate of drug-likeness (QED) is 0.206. The van der Waals surface area contributed by atoms with E-state index in [-0.39, 0.29) is 11.2 Å². The molecule has 0 aromatic heterocycles. The number of fused-ring (bicyclic) bond motifs is 9. The summed E-state index contributed by atoms with van der Waals surface area (Å²) in [6.45, 7) is 6.99. The van der Waals surface area contributed by atoms with E-state index in [1.54, 1.807) is 13.0 Å². The summed E-state index contributed by atoms with van der Waals surface area (Å²) in [5, 5.41) is 1.91. The highest BCUT2D eigenvalue weighted by Gasteiger charge is 2.54. The molecule has 5 aromatic carbocycles. The van der Waals surface area contributed by atoms with Crippen molar-refractivity contribution in [1.29, 1.82) is 0 Å². The van der Waals surface area contributed by atoms with Crippen LogP contribution in [0.15, 0.2) is 91.0 Å². The molecule has 0 amide bonds. The fourth-order valence-electron chi connectivity index (χ4n) is 6.81. The molecule has 3 aliphatic heterocycles. The largest absolute Gasteiger partial charge is 0.456 e. The molecule has 1 spiro atoms. The van der Waals surface area contributed by atoms with Crippen molar-refractivity contribution in [3.8, 4) is 11.5 Å². The number of carbonyl (C=O) groups is 1. The van der Waals surface area contributed by atoms with Crippen LogP contribution >= 0.6 is 0 Å². The third kappa shape index (κ3) is 2.92. The predicted molar refractivity (Wildman–Crippen MR) is 153 cm³/mol. The van der Waals surface area contributed by atoms with Crippen molar-refractivity contribution in [3.05, 3.63) is 130 Å². The van der Waals surface area contributed by atoms with Gasteiger partial charge in [-0.25, -0.2) is 9.18 Å². The van der Waals surface area contributed by atoms with E-state index in [0.717, 1.165) is 23.0 Å². The van der Waals surface area contributed by atoms with E-state index in [1.165, 1.54) is 17.3 Å². The highest BCUT2D eigenvalue weighted by atomic mass is 19.1. The van der Waals surface area contributed by atoms with Gasteiger partial charge in [0.15, 0.2) is 5.60 Å². The van der Waals surface area contributed by atoms with Gasteiger partial charge in [-0.3, -0.25) is 0 Å². The van der Waals surface area contributed by atoms with Crippen LogP contribution in [-0.4, -0.2) is 12.5 Å². The van der Waals surface area contributed by atoms with E-state index in [0.29, 0.717) is 39.3 Å². The van der Waals surface area contributed by atoms with Crippen LogP contribution in [-0.2, 0) is 15.8 Å².